The summed E-state index contributed by atoms with van der Waals surface area (Å²) in [5, 5.41) is 2.86. The highest BCUT2D eigenvalue weighted by molar-refractivity contribution is 5.88. The molecule has 1 heterocycles. The molecule has 0 aliphatic carbocycles. The summed E-state index contributed by atoms with van der Waals surface area (Å²) in [4.78, 5) is 13.7. The number of nitrogens with two attached hydrogens (primary N) is 1. The van der Waals surface area contributed by atoms with E-state index in [2.05, 4.69) is 22.3 Å². The first kappa shape index (κ1) is 15.0. The number of nitrogens with zero attached hydrogens (tertiary/aromatic N) is 1. The minimum atomic E-state index is -0.0224. The van der Waals surface area contributed by atoms with Crippen molar-refractivity contribution in [3.8, 4) is 0 Å². The number of amides is 1. The number of anilines is 1. The number of carbonyl (C=O) groups is 1. The summed E-state index contributed by atoms with van der Waals surface area (Å²) in [5.41, 5.74) is 7.82. The van der Waals surface area contributed by atoms with Crippen molar-refractivity contribution in [1.29, 1.82) is 0 Å². The van der Waals surface area contributed by atoms with E-state index < -0.39 is 0 Å². The molecule has 0 radical (unpaired) electrons. The number of piperidine rings is 1. The Labute approximate surface area is 121 Å². The second-order valence-corrected chi connectivity index (χ2v) is 5.50. The number of likely N-dealkylation sites (tertiary alicyclic amines) is 1. The maximum Gasteiger partial charge on any atom is 0.221 e. The first-order valence-electron chi connectivity index (χ1n) is 7.52. The predicted molar refractivity (Wildman–Crippen MR) is 82.6 cm³/mol. The lowest BCUT2D eigenvalue weighted by Crippen LogP contribution is -2.35. The lowest BCUT2D eigenvalue weighted by atomic mass is 9.94. The number of benzene rings is 1. The van der Waals surface area contributed by atoms with Gasteiger partial charge < -0.3 is 11.1 Å². The number of rotatable bonds is 5. The fourth-order valence-corrected chi connectivity index (χ4v) is 2.96. The highest BCUT2D eigenvalue weighted by Crippen LogP contribution is 2.32. The third-order valence-electron chi connectivity index (χ3n) is 3.85. The fourth-order valence-electron chi connectivity index (χ4n) is 2.96. The summed E-state index contributed by atoms with van der Waals surface area (Å²) < 4.78 is 0. The van der Waals surface area contributed by atoms with Crippen molar-refractivity contribution in [2.24, 2.45) is 5.73 Å². The SMILES string of the molecule is CC(=O)Nc1cccc(C2CCCCN2CCCN)c1. The summed E-state index contributed by atoms with van der Waals surface area (Å²) >= 11 is 0. The molecule has 4 nitrogen and oxygen atoms in total. The monoisotopic (exact) mass is 275 g/mol. The highest BCUT2D eigenvalue weighted by Gasteiger charge is 2.23. The highest BCUT2D eigenvalue weighted by atomic mass is 16.1. The van der Waals surface area contributed by atoms with Crippen LogP contribution in [0.4, 0.5) is 5.69 Å². The average Bonchev–Trinajstić information content (AvgIpc) is 2.45. The van der Waals surface area contributed by atoms with E-state index in [1.807, 2.05) is 12.1 Å². The third kappa shape index (κ3) is 4.05. The molecule has 1 atom stereocenters. The molecule has 20 heavy (non-hydrogen) atoms. The van der Waals surface area contributed by atoms with Gasteiger partial charge in [0.25, 0.3) is 0 Å². The van der Waals surface area contributed by atoms with E-state index >= 15 is 0 Å². The summed E-state index contributed by atoms with van der Waals surface area (Å²) in [7, 11) is 0. The Bertz CT molecular complexity index is 447. The van der Waals surface area contributed by atoms with Gasteiger partial charge in [-0.1, -0.05) is 18.6 Å². The molecule has 0 spiro atoms. The Balaban J connectivity index is 2.12. The van der Waals surface area contributed by atoms with Crippen LogP contribution >= 0.6 is 0 Å². The first-order chi connectivity index (χ1) is 9.70. The van der Waals surface area contributed by atoms with Gasteiger partial charge in [0, 0.05) is 18.7 Å². The molecule has 1 amide bonds. The molecule has 1 unspecified atom stereocenters. The quantitative estimate of drug-likeness (QED) is 0.868. The molecule has 110 valence electrons. The molecule has 0 aromatic heterocycles. The van der Waals surface area contributed by atoms with Gasteiger partial charge in [0.15, 0.2) is 0 Å². The molecule has 3 N–H and O–H groups in total. The molecular formula is C16H25N3O. The Morgan fingerprint density at radius 1 is 1.45 bits per heavy atom. The van der Waals surface area contributed by atoms with Crippen molar-refractivity contribution >= 4 is 11.6 Å². The van der Waals surface area contributed by atoms with Gasteiger partial charge in [-0.2, -0.15) is 0 Å². The van der Waals surface area contributed by atoms with Gasteiger partial charge in [-0.15, -0.1) is 0 Å². The van der Waals surface area contributed by atoms with Gasteiger partial charge in [-0.3, -0.25) is 9.69 Å². The minimum Gasteiger partial charge on any atom is -0.330 e. The van der Waals surface area contributed by atoms with E-state index in [9.17, 15) is 4.79 Å². The van der Waals surface area contributed by atoms with Gasteiger partial charge in [0.05, 0.1) is 0 Å². The van der Waals surface area contributed by atoms with E-state index in [0.29, 0.717) is 6.04 Å². The van der Waals surface area contributed by atoms with Gasteiger partial charge >= 0.3 is 0 Å². The average molecular weight is 275 g/mol. The number of nitrogens with one attached hydrogen (secondary N) is 1. The van der Waals surface area contributed by atoms with Crippen LogP contribution in [0, 0.1) is 0 Å². The smallest absolute Gasteiger partial charge is 0.221 e. The number of carbonyl (C=O) groups excluding carboxylic acids is 1. The van der Waals surface area contributed by atoms with Crippen LogP contribution in [-0.2, 0) is 4.79 Å². The molecule has 1 aromatic rings. The minimum absolute atomic E-state index is 0.0224. The van der Waals surface area contributed by atoms with Crippen molar-refractivity contribution < 1.29 is 4.79 Å². The second-order valence-electron chi connectivity index (χ2n) is 5.50. The number of hydrogen-bond donors (Lipinski definition) is 2. The molecular weight excluding hydrogens is 250 g/mol. The van der Waals surface area contributed by atoms with Crippen LogP contribution in [0.3, 0.4) is 0 Å². The second kappa shape index (κ2) is 7.41. The summed E-state index contributed by atoms with van der Waals surface area (Å²) in [5.74, 6) is -0.0224. The lowest BCUT2D eigenvalue weighted by molar-refractivity contribution is -0.114. The molecule has 4 heteroatoms. The molecule has 0 bridgehead atoms. The van der Waals surface area contributed by atoms with Crippen molar-refractivity contribution in [3.05, 3.63) is 29.8 Å². The standard InChI is InChI=1S/C16H25N3O/c1-13(20)18-15-7-4-6-14(12-15)16-8-2-3-10-19(16)11-5-9-17/h4,6-7,12,16H,2-3,5,8-11,17H2,1H3,(H,18,20). The van der Waals surface area contributed by atoms with Crippen LogP contribution in [-0.4, -0.2) is 30.4 Å². The summed E-state index contributed by atoms with van der Waals surface area (Å²) in [6.45, 7) is 4.50. The fraction of sp³-hybridized carbons (Fsp3) is 0.562. The normalized spacial score (nSPS) is 19.8. The van der Waals surface area contributed by atoms with Crippen LogP contribution in [0.25, 0.3) is 0 Å². The Morgan fingerprint density at radius 2 is 2.30 bits per heavy atom. The van der Waals surface area contributed by atoms with Crippen LogP contribution in [0.1, 0.15) is 44.2 Å². The Kier molecular flexibility index (Phi) is 5.56. The molecule has 1 aliphatic heterocycles. The number of hydrogen-bond acceptors (Lipinski definition) is 3. The van der Waals surface area contributed by atoms with Crippen LogP contribution in [0.5, 0.6) is 0 Å². The summed E-state index contributed by atoms with van der Waals surface area (Å²) in [6.07, 6.45) is 4.77. The van der Waals surface area contributed by atoms with E-state index in [1.54, 1.807) is 6.92 Å². The van der Waals surface area contributed by atoms with Crippen LogP contribution < -0.4 is 11.1 Å². The molecule has 1 saturated heterocycles. The molecule has 1 fully saturated rings. The van der Waals surface area contributed by atoms with Gasteiger partial charge in [-0.05, 0) is 56.6 Å². The van der Waals surface area contributed by atoms with Crippen LogP contribution in [0.15, 0.2) is 24.3 Å². The van der Waals surface area contributed by atoms with Gasteiger partial charge in [-0.25, -0.2) is 0 Å². The summed E-state index contributed by atoms with van der Waals surface area (Å²) in [6, 6.07) is 8.70. The molecule has 2 rings (SSSR count). The van der Waals surface area contributed by atoms with Gasteiger partial charge in [0.1, 0.15) is 0 Å². The predicted octanol–water partition coefficient (Wildman–Crippen LogP) is 2.52. The third-order valence-corrected chi connectivity index (χ3v) is 3.85. The molecule has 1 aromatic carbocycles. The molecule has 1 aliphatic rings. The van der Waals surface area contributed by atoms with Crippen molar-refractivity contribution in [3.63, 3.8) is 0 Å². The zero-order chi connectivity index (χ0) is 14.4. The Hall–Kier alpha value is -1.39. The molecule has 0 saturated carbocycles. The zero-order valence-electron chi connectivity index (χ0n) is 12.3. The van der Waals surface area contributed by atoms with Gasteiger partial charge in [0.2, 0.25) is 5.91 Å². The van der Waals surface area contributed by atoms with E-state index in [-0.39, 0.29) is 5.91 Å². The van der Waals surface area contributed by atoms with E-state index in [4.69, 9.17) is 5.73 Å². The zero-order valence-corrected chi connectivity index (χ0v) is 12.3. The lowest BCUT2D eigenvalue weighted by Gasteiger charge is -2.36. The maximum atomic E-state index is 11.2. The van der Waals surface area contributed by atoms with Crippen molar-refractivity contribution in [2.45, 2.75) is 38.6 Å². The van der Waals surface area contributed by atoms with Crippen molar-refractivity contribution in [2.75, 3.05) is 25.0 Å². The Morgan fingerprint density at radius 3 is 3.05 bits per heavy atom. The maximum absolute atomic E-state index is 11.2. The van der Waals surface area contributed by atoms with Crippen LogP contribution in [0.2, 0.25) is 0 Å². The van der Waals surface area contributed by atoms with E-state index in [0.717, 1.165) is 31.7 Å². The topological polar surface area (TPSA) is 58.4 Å². The first-order valence-corrected chi connectivity index (χ1v) is 7.52. The van der Waals surface area contributed by atoms with Crippen molar-refractivity contribution in [1.82, 2.24) is 4.90 Å². The largest absolute Gasteiger partial charge is 0.330 e. The van der Waals surface area contributed by atoms with E-state index in [1.165, 1.54) is 24.8 Å².